The van der Waals surface area contributed by atoms with E-state index in [1.165, 1.54) is 5.56 Å². The first kappa shape index (κ1) is 13.1. The molecule has 1 unspecified atom stereocenters. The smallest absolute Gasteiger partial charge is 0.0589 e. The lowest BCUT2D eigenvalue weighted by atomic mass is 9.65. The third-order valence-electron chi connectivity index (χ3n) is 3.83. The van der Waals surface area contributed by atoms with Crippen LogP contribution in [0.4, 0.5) is 0 Å². The molecule has 1 aromatic carbocycles. The molecule has 0 radical (unpaired) electrons. The first-order valence-corrected chi connectivity index (χ1v) is 6.84. The molecule has 1 aliphatic heterocycles. The molecule has 0 bridgehead atoms. The van der Waals surface area contributed by atoms with Gasteiger partial charge in [0.2, 0.25) is 0 Å². The third kappa shape index (κ3) is 2.28. The Morgan fingerprint density at radius 2 is 2.12 bits per heavy atom. The standard InChI is InChI=1S/C14H19BrO2/c1-10(2)13(7-16)14(8-17-9-14)11-4-3-5-12(15)6-11/h3-6,10,13,16H,7-9H2,1-2H3. The van der Waals surface area contributed by atoms with Crippen molar-refractivity contribution in [2.75, 3.05) is 19.8 Å². The van der Waals surface area contributed by atoms with E-state index < -0.39 is 0 Å². The zero-order valence-corrected chi connectivity index (χ0v) is 11.9. The number of aliphatic hydroxyl groups is 1. The van der Waals surface area contributed by atoms with Gasteiger partial charge in [0.1, 0.15) is 0 Å². The van der Waals surface area contributed by atoms with Crippen LogP contribution < -0.4 is 0 Å². The Hall–Kier alpha value is -0.380. The Labute approximate surface area is 111 Å². The van der Waals surface area contributed by atoms with Gasteiger partial charge < -0.3 is 9.84 Å². The summed E-state index contributed by atoms with van der Waals surface area (Å²) in [6, 6.07) is 8.36. The molecule has 2 rings (SSSR count). The molecule has 17 heavy (non-hydrogen) atoms. The van der Waals surface area contributed by atoms with Crippen molar-refractivity contribution >= 4 is 15.9 Å². The van der Waals surface area contributed by atoms with Crippen LogP contribution >= 0.6 is 15.9 Å². The van der Waals surface area contributed by atoms with Crippen molar-refractivity contribution in [3.63, 3.8) is 0 Å². The van der Waals surface area contributed by atoms with Crippen LogP contribution in [0.2, 0.25) is 0 Å². The number of halogens is 1. The van der Waals surface area contributed by atoms with Crippen LogP contribution in [-0.4, -0.2) is 24.9 Å². The van der Waals surface area contributed by atoms with Crippen molar-refractivity contribution in [1.82, 2.24) is 0 Å². The van der Waals surface area contributed by atoms with E-state index in [0.29, 0.717) is 19.1 Å². The van der Waals surface area contributed by atoms with Crippen LogP contribution in [-0.2, 0) is 10.2 Å². The zero-order valence-electron chi connectivity index (χ0n) is 10.3. The van der Waals surface area contributed by atoms with Gasteiger partial charge in [-0.1, -0.05) is 41.9 Å². The van der Waals surface area contributed by atoms with E-state index in [9.17, 15) is 5.11 Å². The van der Waals surface area contributed by atoms with Gasteiger partial charge in [0.25, 0.3) is 0 Å². The molecule has 1 fully saturated rings. The summed E-state index contributed by atoms with van der Waals surface area (Å²) in [5.41, 5.74) is 1.26. The number of aliphatic hydroxyl groups excluding tert-OH is 1. The molecule has 2 nitrogen and oxygen atoms in total. The van der Waals surface area contributed by atoms with E-state index in [4.69, 9.17) is 4.74 Å². The normalized spacial score (nSPS) is 20.1. The second kappa shape index (κ2) is 5.09. The Balaban J connectivity index is 2.37. The Bertz CT molecular complexity index is 386. The van der Waals surface area contributed by atoms with E-state index in [2.05, 4.69) is 41.9 Å². The lowest BCUT2D eigenvalue weighted by Crippen LogP contribution is -2.55. The molecule has 3 heteroatoms. The van der Waals surface area contributed by atoms with Gasteiger partial charge in [-0.15, -0.1) is 0 Å². The van der Waals surface area contributed by atoms with Gasteiger partial charge in [-0.3, -0.25) is 0 Å². The van der Waals surface area contributed by atoms with Crippen LogP contribution in [0, 0.1) is 11.8 Å². The predicted octanol–water partition coefficient (Wildman–Crippen LogP) is 2.98. The van der Waals surface area contributed by atoms with Crippen molar-refractivity contribution < 1.29 is 9.84 Å². The van der Waals surface area contributed by atoms with Crippen molar-refractivity contribution in [2.45, 2.75) is 19.3 Å². The number of rotatable bonds is 4. The fourth-order valence-corrected chi connectivity index (χ4v) is 3.14. The maximum absolute atomic E-state index is 9.66. The zero-order chi connectivity index (χ0) is 12.5. The van der Waals surface area contributed by atoms with Gasteiger partial charge in [0.05, 0.1) is 13.2 Å². The largest absolute Gasteiger partial charge is 0.396 e. The summed E-state index contributed by atoms with van der Waals surface area (Å²) < 4.78 is 6.52. The molecule has 0 amide bonds. The molecular weight excluding hydrogens is 280 g/mol. The molecule has 1 aromatic rings. The molecule has 0 spiro atoms. The SMILES string of the molecule is CC(C)C(CO)C1(c2cccc(Br)c2)COC1. The molecule has 1 atom stereocenters. The molecule has 0 aliphatic carbocycles. The fourth-order valence-electron chi connectivity index (χ4n) is 2.74. The van der Waals surface area contributed by atoms with Gasteiger partial charge in [-0.25, -0.2) is 0 Å². The highest BCUT2D eigenvalue weighted by Crippen LogP contribution is 2.43. The van der Waals surface area contributed by atoms with Crippen LogP contribution in [0.3, 0.4) is 0 Å². The Kier molecular flexibility index (Phi) is 3.91. The van der Waals surface area contributed by atoms with E-state index in [0.717, 1.165) is 4.47 Å². The van der Waals surface area contributed by atoms with Crippen LogP contribution in [0.5, 0.6) is 0 Å². The van der Waals surface area contributed by atoms with Crippen molar-refractivity contribution in [1.29, 1.82) is 0 Å². The summed E-state index contributed by atoms with van der Waals surface area (Å²) >= 11 is 3.51. The first-order chi connectivity index (χ1) is 8.10. The maximum Gasteiger partial charge on any atom is 0.0589 e. The molecule has 94 valence electrons. The molecular formula is C14H19BrO2. The molecule has 1 saturated heterocycles. The number of hydrogen-bond donors (Lipinski definition) is 1. The minimum atomic E-state index is -0.00725. The first-order valence-electron chi connectivity index (χ1n) is 6.05. The van der Waals surface area contributed by atoms with E-state index >= 15 is 0 Å². The fraction of sp³-hybridized carbons (Fsp3) is 0.571. The molecule has 0 saturated carbocycles. The van der Waals surface area contributed by atoms with E-state index in [-0.39, 0.29) is 17.9 Å². The number of benzene rings is 1. The highest BCUT2D eigenvalue weighted by Gasteiger charge is 2.47. The van der Waals surface area contributed by atoms with Gasteiger partial charge in [0.15, 0.2) is 0 Å². The van der Waals surface area contributed by atoms with Gasteiger partial charge >= 0.3 is 0 Å². The molecule has 1 heterocycles. The number of hydrogen-bond acceptors (Lipinski definition) is 2. The predicted molar refractivity (Wildman–Crippen MR) is 72.1 cm³/mol. The summed E-state index contributed by atoms with van der Waals surface area (Å²) in [4.78, 5) is 0. The Morgan fingerprint density at radius 3 is 2.53 bits per heavy atom. The summed E-state index contributed by atoms with van der Waals surface area (Å²) in [7, 11) is 0. The van der Waals surface area contributed by atoms with Crippen molar-refractivity contribution in [3.05, 3.63) is 34.3 Å². The summed E-state index contributed by atoms with van der Waals surface area (Å²) in [5.74, 6) is 0.702. The minimum absolute atomic E-state index is 0.00725. The molecule has 1 aliphatic rings. The topological polar surface area (TPSA) is 29.5 Å². The summed E-state index contributed by atoms with van der Waals surface area (Å²) in [6.45, 7) is 5.98. The maximum atomic E-state index is 9.66. The van der Waals surface area contributed by atoms with Gasteiger partial charge in [0, 0.05) is 16.5 Å². The van der Waals surface area contributed by atoms with Crippen molar-refractivity contribution in [3.8, 4) is 0 Å². The summed E-state index contributed by atoms with van der Waals surface area (Å²) in [5, 5.41) is 9.66. The van der Waals surface area contributed by atoms with Crippen LogP contribution in [0.1, 0.15) is 19.4 Å². The van der Waals surface area contributed by atoms with Gasteiger partial charge in [-0.2, -0.15) is 0 Å². The van der Waals surface area contributed by atoms with Crippen LogP contribution in [0.25, 0.3) is 0 Å². The average Bonchev–Trinajstić information content (AvgIpc) is 2.22. The molecule has 1 N–H and O–H groups in total. The lowest BCUT2D eigenvalue weighted by Gasteiger charge is -2.48. The monoisotopic (exact) mass is 298 g/mol. The minimum Gasteiger partial charge on any atom is -0.396 e. The Morgan fingerprint density at radius 1 is 1.41 bits per heavy atom. The highest BCUT2D eigenvalue weighted by molar-refractivity contribution is 9.10. The second-order valence-electron chi connectivity index (χ2n) is 5.19. The highest BCUT2D eigenvalue weighted by atomic mass is 79.9. The van der Waals surface area contributed by atoms with Gasteiger partial charge in [-0.05, 0) is 29.5 Å². The third-order valence-corrected chi connectivity index (χ3v) is 4.32. The quantitative estimate of drug-likeness (QED) is 0.926. The van der Waals surface area contributed by atoms with E-state index in [1.807, 2.05) is 12.1 Å². The van der Waals surface area contributed by atoms with Crippen LogP contribution in [0.15, 0.2) is 28.7 Å². The van der Waals surface area contributed by atoms with Crippen molar-refractivity contribution in [2.24, 2.45) is 11.8 Å². The van der Waals surface area contributed by atoms with E-state index in [1.54, 1.807) is 0 Å². The average molecular weight is 299 g/mol. The second-order valence-corrected chi connectivity index (χ2v) is 6.11. The lowest BCUT2D eigenvalue weighted by molar-refractivity contribution is -0.111. The number of ether oxygens (including phenoxy) is 1. The summed E-state index contributed by atoms with van der Waals surface area (Å²) in [6.07, 6.45) is 0. The molecule has 0 aromatic heterocycles.